The summed E-state index contributed by atoms with van der Waals surface area (Å²) in [5.41, 5.74) is -13.7. The van der Waals surface area contributed by atoms with Crippen molar-refractivity contribution < 1.29 is 39.4 Å². The van der Waals surface area contributed by atoms with E-state index in [1.165, 1.54) is 48.5 Å². The first-order valence-corrected chi connectivity index (χ1v) is 14.0. The molecule has 0 bridgehead atoms. The smallest absolute Gasteiger partial charge is 0.269 e. The van der Waals surface area contributed by atoms with E-state index in [9.17, 15) is 39.8 Å². The number of ketones is 3. The number of rotatable bonds is 8. The molecule has 2 aliphatic rings. The summed E-state index contributed by atoms with van der Waals surface area (Å²) in [5, 5.41) is 48.2. The number of hydrogen-bond acceptors (Lipinski definition) is 12. The number of imidazole rings is 1. The van der Waals surface area contributed by atoms with Gasteiger partial charge in [0.15, 0.2) is 27.8 Å². The highest BCUT2D eigenvalue weighted by atomic mass is 35.5. The predicted octanol–water partition coefficient (Wildman–Crippen LogP) is 2.30. The van der Waals surface area contributed by atoms with Crippen LogP contribution in [-0.4, -0.2) is 80.0 Å². The fourth-order valence-corrected chi connectivity index (χ4v) is 6.49. The first-order chi connectivity index (χ1) is 21.9. The van der Waals surface area contributed by atoms with E-state index in [-0.39, 0.29) is 38.7 Å². The number of Topliss-reactive ketones (excluding diaryl/α,β-unsaturated/α-hetero) is 3. The first-order valence-electron chi connectivity index (χ1n) is 13.6. The number of aliphatic hydroxyl groups is 3. The topological polar surface area (TPSA) is 208 Å². The molecule has 1 aliphatic carbocycles. The number of aromatic nitrogens is 4. The van der Waals surface area contributed by atoms with E-state index in [4.69, 9.17) is 16.3 Å². The summed E-state index contributed by atoms with van der Waals surface area (Å²) in [5.74, 6) is -3.56. The molecule has 0 amide bonds. The molecule has 0 radical (unpaired) electrons. The number of ether oxygens (including phenoxy) is 1. The Labute approximate surface area is 262 Å². The Balaban J connectivity index is 1.50. The average molecular weight is 642 g/mol. The van der Waals surface area contributed by atoms with Gasteiger partial charge in [-0.1, -0.05) is 72.3 Å². The minimum Gasteiger partial charge on any atom is -0.380 e. The monoisotopic (exact) mass is 641 g/mol. The highest BCUT2D eigenvalue weighted by Crippen LogP contribution is 2.70. The molecule has 3 aromatic carbocycles. The van der Waals surface area contributed by atoms with E-state index < -0.39 is 50.9 Å². The van der Waals surface area contributed by atoms with E-state index in [2.05, 4.69) is 15.0 Å². The predicted molar refractivity (Wildman–Crippen MR) is 157 cm³/mol. The van der Waals surface area contributed by atoms with Crippen LogP contribution in [0.3, 0.4) is 0 Å². The Morgan fingerprint density at radius 1 is 0.804 bits per heavy atom. The third-order valence-corrected chi connectivity index (χ3v) is 8.89. The van der Waals surface area contributed by atoms with E-state index in [1.807, 2.05) is 0 Å². The van der Waals surface area contributed by atoms with E-state index in [0.29, 0.717) is 0 Å². The van der Waals surface area contributed by atoms with Crippen molar-refractivity contribution in [2.24, 2.45) is 0 Å². The van der Waals surface area contributed by atoms with Crippen LogP contribution < -0.4 is 0 Å². The zero-order valence-corrected chi connectivity index (χ0v) is 24.0. The molecule has 230 valence electrons. The molecule has 46 heavy (non-hydrogen) atoms. The maximum atomic E-state index is 14.7. The van der Waals surface area contributed by atoms with Crippen molar-refractivity contribution in [2.75, 3.05) is 0 Å². The molecule has 14 nitrogen and oxygen atoms in total. The van der Waals surface area contributed by atoms with Crippen LogP contribution in [0.1, 0.15) is 31.1 Å². The summed E-state index contributed by atoms with van der Waals surface area (Å²) in [6.45, 7) is 0. The molecule has 5 atom stereocenters. The fraction of sp³-hybridized carbons (Fsp3) is 0.161. The van der Waals surface area contributed by atoms with Crippen molar-refractivity contribution in [2.45, 2.75) is 28.6 Å². The Bertz CT molecular complexity index is 2090. The Morgan fingerprint density at radius 2 is 1.37 bits per heavy atom. The van der Waals surface area contributed by atoms with Gasteiger partial charge in [0.1, 0.15) is 24.3 Å². The summed E-state index contributed by atoms with van der Waals surface area (Å²) < 4.78 is 7.11. The molecular weight excluding hydrogens is 622 g/mol. The molecule has 1 aliphatic heterocycles. The molecule has 0 spiro atoms. The van der Waals surface area contributed by atoms with E-state index in [1.54, 1.807) is 12.1 Å². The van der Waals surface area contributed by atoms with Gasteiger partial charge in [-0.25, -0.2) is 15.0 Å². The second kappa shape index (κ2) is 9.87. The number of nitro groups is 1. The second-order valence-corrected chi connectivity index (χ2v) is 11.2. The summed E-state index contributed by atoms with van der Waals surface area (Å²) in [6.07, 6.45) is -0.0241. The average Bonchev–Trinajstić information content (AvgIpc) is 3.33. The van der Waals surface area contributed by atoms with Crippen LogP contribution >= 0.6 is 11.6 Å². The van der Waals surface area contributed by atoms with Crippen LogP contribution in [0, 0.1) is 10.1 Å². The third-order valence-electron chi connectivity index (χ3n) is 8.61. The number of carbonyl (C=O) groups is 3. The number of non-ortho nitro benzene ring substituents is 1. The van der Waals surface area contributed by atoms with Gasteiger partial charge >= 0.3 is 0 Å². The highest BCUT2D eigenvalue weighted by molar-refractivity contribution is 6.33. The lowest BCUT2D eigenvalue weighted by atomic mass is 9.72. The van der Waals surface area contributed by atoms with Crippen LogP contribution in [0.4, 0.5) is 5.69 Å². The zero-order chi connectivity index (χ0) is 32.6. The first kappa shape index (κ1) is 29.5. The lowest BCUT2D eigenvalue weighted by Crippen LogP contribution is -2.71. The molecule has 2 aromatic heterocycles. The van der Waals surface area contributed by atoms with Gasteiger partial charge in [-0.15, -0.1) is 0 Å². The minimum atomic E-state index is -3.45. The van der Waals surface area contributed by atoms with Gasteiger partial charge in [-0.3, -0.25) is 29.1 Å². The second-order valence-electron chi connectivity index (χ2n) is 10.9. The van der Waals surface area contributed by atoms with Crippen molar-refractivity contribution in [3.05, 3.63) is 130 Å². The number of hydrogen-bond donors (Lipinski definition) is 3. The third kappa shape index (κ3) is 3.49. The lowest BCUT2D eigenvalue weighted by molar-refractivity contribution is -0.384. The van der Waals surface area contributed by atoms with Crippen LogP contribution in [0.5, 0.6) is 0 Å². The van der Waals surface area contributed by atoms with E-state index >= 15 is 0 Å². The molecular formula is C31H20ClN5O9. The van der Waals surface area contributed by atoms with Crippen LogP contribution in [0.2, 0.25) is 5.15 Å². The Hall–Kier alpha value is -5.25. The molecule has 3 heterocycles. The van der Waals surface area contributed by atoms with Gasteiger partial charge in [0.25, 0.3) is 11.4 Å². The van der Waals surface area contributed by atoms with Gasteiger partial charge in [0.05, 0.1) is 4.92 Å². The number of nitro benzene ring substituents is 1. The number of carbonyl (C=O) groups excluding carboxylic acids is 3. The molecule has 1 saturated heterocycles. The SMILES string of the molecule is O=C(c1ccc([N+](=O)[O-])cc1)C1(O)[C@H]2O[C@@](C(=O)c3ccccc3)(n3cnc4c(Cl)ncnc43)[C@@](O)(C(=O)c3ccccc3)[C@@]21O. The highest BCUT2D eigenvalue weighted by Gasteiger charge is 3.00. The van der Waals surface area contributed by atoms with Crippen molar-refractivity contribution in [3.8, 4) is 0 Å². The molecule has 3 N–H and O–H groups in total. The zero-order valence-electron chi connectivity index (χ0n) is 23.2. The van der Waals surface area contributed by atoms with Gasteiger partial charge < -0.3 is 20.1 Å². The fourth-order valence-electron chi connectivity index (χ4n) is 6.31. The van der Waals surface area contributed by atoms with Gasteiger partial charge in [-0.2, -0.15) is 0 Å². The quantitative estimate of drug-likeness (QED) is 0.0965. The summed E-state index contributed by atoms with van der Waals surface area (Å²) in [6, 6.07) is 18.6. The molecule has 5 aromatic rings. The number of benzene rings is 3. The minimum absolute atomic E-state index is 0.0488. The molecule has 1 unspecified atom stereocenters. The summed E-state index contributed by atoms with van der Waals surface area (Å²) in [7, 11) is 0. The van der Waals surface area contributed by atoms with Gasteiger partial charge in [0, 0.05) is 28.8 Å². The Kier molecular flexibility index (Phi) is 6.32. The van der Waals surface area contributed by atoms with Crippen molar-refractivity contribution in [1.29, 1.82) is 0 Å². The van der Waals surface area contributed by atoms with Crippen molar-refractivity contribution >= 4 is 45.8 Å². The number of nitrogens with zero attached hydrogens (tertiary/aromatic N) is 5. The molecule has 1 saturated carbocycles. The normalized spacial score (nSPS) is 28.0. The largest absolute Gasteiger partial charge is 0.380 e. The molecule has 15 heteroatoms. The van der Waals surface area contributed by atoms with Crippen molar-refractivity contribution in [3.63, 3.8) is 0 Å². The number of halogens is 1. The standard InChI is InChI=1S/C31H20ClN5O9/c32-25-21-26(34-15-33-25)36(16-35-21)31(24(40)18-9-5-2-6-10-18)29(42,23(39)17-7-3-1-4-8-17)30(43)27(46-31)28(30,41)22(38)19-11-13-20(14-12-19)37(44)45/h1-16,27,41-43H/t27-,28?,29-,30-,31-/m1/s1. The molecule has 2 fully saturated rings. The van der Waals surface area contributed by atoms with Gasteiger partial charge in [-0.05, 0) is 12.1 Å². The number of fused-ring (bicyclic) bond motifs is 2. The van der Waals surface area contributed by atoms with Crippen LogP contribution in [0.15, 0.2) is 97.6 Å². The van der Waals surface area contributed by atoms with Gasteiger partial charge in [0.2, 0.25) is 17.2 Å². The van der Waals surface area contributed by atoms with Crippen LogP contribution in [0.25, 0.3) is 11.2 Å². The molecule has 7 rings (SSSR count). The van der Waals surface area contributed by atoms with Crippen LogP contribution in [-0.2, 0) is 10.5 Å². The Morgan fingerprint density at radius 3 is 1.96 bits per heavy atom. The lowest BCUT2D eigenvalue weighted by Gasteiger charge is -2.44. The maximum Gasteiger partial charge on any atom is 0.269 e. The van der Waals surface area contributed by atoms with Crippen molar-refractivity contribution in [1.82, 2.24) is 19.5 Å². The van der Waals surface area contributed by atoms with E-state index in [0.717, 1.165) is 41.5 Å². The maximum absolute atomic E-state index is 14.7. The summed E-state index contributed by atoms with van der Waals surface area (Å²) >= 11 is 6.24. The summed E-state index contributed by atoms with van der Waals surface area (Å²) in [4.78, 5) is 65.8.